The van der Waals surface area contributed by atoms with Crippen LogP contribution in [0.1, 0.15) is 57.4 Å². The molecule has 0 aliphatic heterocycles. The molecule has 0 atom stereocenters. The maximum absolute atomic E-state index is 5.20. The number of hydrogen-bond acceptors (Lipinski definition) is 2. The van der Waals surface area contributed by atoms with E-state index < -0.39 is 0 Å². The average molecular weight is 275 g/mol. The molecule has 1 aromatic rings. The molecule has 0 aromatic heterocycles. The molecule has 0 amide bonds. The van der Waals surface area contributed by atoms with Crippen molar-refractivity contribution in [1.29, 1.82) is 0 Å². The summed E-state index contributed by atoms with van der Waals surface area (Å²) >= 11 is 0. The van der Waals surface area contributed by atoms with Gasteiger partial charge in [0, 0.05) is 6.04 Å². The number of methoxy groups -OCH3 is 1. The van der Waals surface area contributed by atoms with Crippen molar-refractivity contribution in [3.05, 3.63) is 29.8 Å². The van der Waals surface area contributed by atoms with Crippen LogP contribution in [0, 0.1) is 5.92 Å². The Kier molecular flexibility index (Phi) is 5.90. The third-order valence-corrected chi connectivity index (χ3v) is 4.37. The van der Waals surface area contributed by atoms with Crippen LogP contribution < -0.4 is 10.1 Å². The van der Waals surface area contributed by atoms with Crippen molar-refractivity contribution in [3.8, 4) is 5.75 Å². The molecule has 2 nitrogen and oxygen atoms in total. The molecule has 0 radical (unpaired) electrons. The molecule has 0 bridgehead atoms. The summed E-state index contributed by atoms with van der Waals surface area (Å²) in [5.41, 5.74) is 1.46. The maximum atomic E-state index is 5.20. The minimum absolute atomic E-state index is 0.737. The van der Waals surface area contributed by atoms with E-state index in [1.807, 2.05) is 0 Å². The predicted octanol–water partition coefficient (Wildman–Crippen LogP) is 4.36. The Balaban J connectivity index is 1.59. The molecule has 1 saturated carbocycles. The fraction of sp³-hybridized carbons (Fsp3) is 0.667. The Hall–Kier alpha value is -1.02. The van der Waals surface area contributed by atoms with Gasteiger partial charge < -0.3 is 10.1 Å². The molecule has 0 spiro atoms. The van der Waals surface area contributed by atoms with Gasteiger partial charge in [-0.25, -0.2) is 0 Å². The van der Waals surface area contributed by atoms with E-state index in [0.717, 1.165) is 23.6 Å². The van der Waals surface area contributed by atoms with E-state index in [1.54, 1.807) is 7.11 Å². The van der Waals surface area contributed by atoms with Crippen LogP contribution in [-0.2, 0) is 0 Å². The highest BCUT2D eigenvalue weighted by atomic mass is 16.5. The van der Waals surface area contributed by atoms with Gasteiger partial charge in [0.15, 0.2) is 0 Å². The van der Waals surface area contributed by atoms with Crippen molar-refractivity contribution < 1.29 is 4.74 Å². The van der Waals surface area contributed by atoms with Crippen LogP contribution in [0.2, 0.25) is 0 Å². The number of ether oxygens (including phenoxy) is 1. The third-order valence-electron chi connectivity index (χ3n) is 4.37. The van der Waals surface area contributed by atoms with Gasteiger partial charge in [-0.1, -0.05) is 38.8 Å². The van der Waals surface area contributed by atoms with Gasteiger partial charge in [0.2, 0.25) is 0 Å². The van der Waals surface area contributed by atoms with Crippen molar-refractivity contribution in [2.24, 2.45) is 5.92 Å². The number of nitrogens with one attached hydrogen (secondary N) is 1. The molecule has 1 fully saturated rings. The molecule has 2 heteroatoms. The average Bonchev–Trinajstić information content (AvgIpc) is 2.40. The summed E-state index contributed by atoms with van der Waals surface area (Å²) in [6.45, 7) is 5.80. The fourth-order valence-corrected chi connectivity index (χ4v) is 2.92. The van der Waals surface area contributed by atoms with Gasteiger partial charge in [0.25, 0.3) is 0 Å². The van der Waals surface area contributed by atoms with E-state index >= 15 is 0 Å². The second-order valence-corrected chi connectivity index (χ2v) is 6.48. The predicted molar refractivity (Wildman–Crippen MR) is 85.4 cm³/mol. The maximum Gasteiger partial charge on any atom is 0.118 e. The Labute approximate surface area is 123 Å². The molecular weight excluding hydrogens is 246 g/mol. The summed E-state index contributed by atoms with van der Waals surface area (Å²) in [5, 5.41) is 3.69. The molecule has 0 saturated heterocycles. The number of hydrogen-bond donors (Lipinski definition) is 1. The van der Waals surface area contributed by atoms with Crippen LogP contribution in [0.3, 0.4) is 0 Å². The van der Waals surface area contributed by atoms with Crippen LogP contribution >= 0.6 is 0 Å². The first-order valence-corrected chi connectivity index (χ1v) is 8.06. The highest BCUT2D eigenvalue weighted by Gasteiger charge is 2.29. The van der Waals surface area contributed by atoms with E-state index in [0.29, 0.717) is 0 Å². The van der Waals surface area contributed by atoms with E-state index in [2.05, 4.69) is 43.4 Å². The minimum atomic E-state index is 0.737. The van der Waals surface area contributed by atoms with Crippen LogP contribution in [-0.4, -0.2) is 19.7 Å². The smallest absolute Gasteiger partial charge is 0.118 e. The zero-order valence-corrected chi connectivity index (χ0v) is 13.2. The number of unbranched alkanes of at least 4 members (excludes halogenated alkanes) is 1. The van der Waals surface area contributed by atoms with Crippen LogP contribution in [0.5, 0.6) is 5.75 Å². The molecule has 2 rings (SSSR count). The van der Waals surface area contributed by atoms with Crippen LogP contribution in [0.15, 0.2) is 24.3 Å². The molecule has 1 aliphatic rings. The van der Waals surface area contributed by atoms with Gasteiger partial charge in [0.05, 0.1) is 7.11 Å². The largest absolute Gasteiger partial charge is 0.497 e. The summed E-state index contributed by atoms with van der Waals surface area (Å²) < 4.78 is 5.20. The fourth-order valence-electron chi connectivity index (χ4n) is 2.92. The lowest BCUT2D eigenvalue weighted by Crippen LogP contribution is -2.40. The molecule has 0 heterocycles. The zero-order valence-electron chi connectivity index (χ0n) is 13.2. The van der Waals surface area contributed by atoms with E-state index in [-0.39, 0.29) is 0 Å². The topological polar surface area (TPSA) is 21.3 Å². The first-order valence-electron chi connectivity index (χ1n) is 8.06. The van der Waals surface area contributed by atoms with Crippen LogP contribution in [0.25, 0.3) is 0 Å². The van der Waals surface area contributed by atoms with Crippen molar-refractivity contribution >= 4 is 0 Å². The standard InChI is InChI=1S/C18H29NO/c1-14(2)6-4-5-11-19-17-12-16(13-17)15-7-9-18(20-3)10-8-15/h7-10,14,16-17,19H,4-6,11-13H2,1-3H3. The van der Waals surface area contributed by atoms with Gasteiger partial charge in [-0.05, 0) is 55.3 Å². The lowest BCUT2D eigenvalue weighted by molar-refractivity contribution is 0.289. The van der Waals surface area contributed by atoms with Gasteiger partial charge in [0.1, 0.15) is 5.75 Å². The Morgan fingerprint density at radius 2 is 1.85 bits per heavy atom. The van der Waals surface area contributed by atoms with Gasteiger partial charge in [-0.15, -0.1) is 0 Å². The molecule has 1 aliphatic carbocycles. The van der Waals surface area contributed by atoms with Gasteiger partial charge in [-0.2, -0.15) is 0 Å². The van der Waals surface area contributed by atoms with E-state index in [1.165, 1.54) is 44.2 Å². The molecule has 0 unspecified atom stereocenters. The van der Waals surface area contributed by atoms with Crippen LogP contribution in [0.4, 0.5) is 0 Å². The highest BCUT2D eigenvalue weighted by Crippen LogP contribution is 2.37. The van der Waals surface area contributed by atoms with Crippen molar-refractivity contribution in [2.45, 2.75) is 57.9 Å². The Bertz CT molecular complexity index is 379. The summed E-state index contributed by atoms with van der Waals surface area (Å²) in [6, 6.07) is 9.30. The lowest BCUT2D eigenvalue weighted by Gasteiger charge is -2.36. The first kappa shape index (κ1) is 15.4. The third kappa shape index (κ3) is 4.52. The monoisotopic (exact) mass is 275 g/mol. The van der Waals surface area contributed by atoms with Crippen molar-refractivity contribution in [3.63, 3.8) is 0 Å². The van der Waals surface area contributed by atoms with Crippen molar-refractivity contribution in [1.82, 2.24) is 5.32 Å². The molecular formula is C18H29NO. The molecule has 1 N–H and O–H groups in total. The Morgan fingerprint density at radius 1 is 1.15 bits per heavy atom. The minimum Gasteiger partial charge on any atom is -0.497 e. The quantitative estimate of drug-likeness (QED) is 0.712. The molecule has 1 aromatic carbocycles. The second kappa shape index (κ2) is 7.68. The summed E-state index contributed by atoms with van der Waals surface area (Å²) in [6.07, 6.45) is 6.62. The second-order valence-electron chi connectivity index (χ2n) is 6.48. The summed E-state index contributed by atoms with van der Waals surface area (Å²) in [7, 11) is 1.72. The number of benzene rings is 1. The summed E-state index contributed by atoms with van der Waals surface area (Å²) in [4.78, 5) is 0. The Morgan fingerprint density at radius 3 is 2.45 bits per heavy atom. The zero-order chi connectivity index (χ0) is 14.4. The lowest BCUT2D eigenvalue weighted by atomic mass is 9.76. The van der Waals surface area contributed by atoms with Gasteiger partial charge in [-0.3, -0.25) is 0 Å². The first-order chi connectivity index (χ1) is 9.69. The van der Waals surface area contributed by atoms with E-state index in [9.17, 15) is 0 Å². The van der Waals surface area contributed by atoms with Gasteiger partial charge >= 0.3 is 0 Å². The number of rotatable bonds is 8. The normalized spacial score (nSPS) is 21.8. The molecule has 20 heavy (non-hydrogen) atoms. The molecule has 112 valence electrons. The SMILES string of the molecule is COc1ccc(C2CC(NCCCCC(C)C)C2)cc1. The van der Waals surface area contributed by atoms with Crippen molar-refractivity contribution in [2.75, 3.05) is 13.7 Å². The highest BCUT2D eigenvalue weighted by molar-refractivity contribution is 5.30. The summed E-state index contributed by atoms with van der Waals surface area (Å²) in [5.74, 6) is 2.54. The van der Waals surface area contributed by atoms with E-state index in [4.69, 9.17) is 4.74 Å².